The van der Waals surface area contributed by atoms with Crippen molar-refractivity contribution < 1.29 is 14.3 Å². The number of amides is 1. The van der Waals surface area contributed by atoms with Crippen LogP contribution in [0.5, 0.6) is 5.75 Å². The van der Waals surface area contributed by atoms with Gasteiger partial charge in [0.05, 0.1) is 18.8 Å². The monoisotopic (exact) mass is 453 g/mol. The Balaban J connectivity index is 1.55. The van der Waals surface area contributed by atoms with Crippen molar-refractivity contribution in [3.05, 3.63) is 77.0 Å². The Morgan fingerprint density at radius 3 is 2.56 bits per heavy atom. The molecule has 0 aliphatic carbocycles. The lowest BCUT2D eigenvalue weighted by molar-refractivity contribution is -0.116. The van der Waals surface area contributed by atoms with Gasteiger partial charge in [-0.05, 0) is 55.3 Å². The number of pyridine rings is 1. The zero-order chi connectivity index (χ0) is 24.2. The summed E-state index contributed by atoms with van der Waals surface area (Å²) in [6.45, 7) is 3.95. The maximum Gasteiger partial charge on any atom is 0.226 e. The molecule has 2 aromatic heterocycles. The fraction of sp³-hybridized carbons (Fsp3) is 0.192. The van der Waals surface area contributed by atoms with Gasteiger partial charge in [0.1, 0.15) is 17.4 Å². The van der Waals surface area contributed by atoms with E-state index in [-0.39, 0.29) is 30.0 Å². The predicted octanol–water partition coefficient (Wildman–Crippen LogP) is 4.52. The molecule has 0 bridgehead atoms. The van der Waals surface area contributed by atoms with E-state index in [4.69, 9.17) is 9.72 Å². The highest BCUT2D eigenvalue weighted by Crippen LogP contribution is 2.25. The van der Waals surface area contributed by atoms with Crippen molar-refractivity contribution in [3.63, 3.8) is 0 Å². The Bertz CT molecular complexity index is 1430. The number of anilines is 1. The van der Waals surface area contributed by atoms with Gasteiger partial charge in [-0.3, -0.25) is 9.59 Å². The van der Waals surface area contributed by atoms with E-state index >= 15 is 0 Å². The van der Waals surface area contributed by atoms with Gasteiger partial charge in [-0.15, -0.1) is 0 Å². The Morgan fingerprint density at radius 2 is 1.85 bits per heavy atom. The summed E-state index contributed by atoms with van der Waals surface area (Å²) in [7, 11) is 1.55. The number of para-hydroxylation sites is 1. The van der Waals surface area contributed by atoms with Crippen molar-refractivity contribution in [2.75, 3.05) is 12.4 Å². The third-order valence-corrected chi connectivity index (χ3v) is 5.59. The van der Waals surface area contributed by atoms with Crippen LogP contribution >= 0.6 is 0 Å². The van der Waals surface area contributed by atoms with Crippen molar-refractivity contribution in [3.8, 4) is 17.6 Å². The molecule has 0 aliphatic rings. The highest BCUT2D eigenvalue weighted by atomic mass is 16.5. The summed E-state index contributed by atoms with van der Waals surface area (Å²) < 4.78 is 6.54. The number of carbonyl (C=O) groups is 2. The minimum absolute atomic E-state index is 0.0285. The number of hydrogen-bond acceptors (Lipinski definition) is 6. The third-order valence-electron chi connectivity index (χ3n) is 5.59. The molecule has 2 heterocycles. The van der Waals surface area contributed by atoms with Gasteiger partial charge in [0, 0.05) is 23.8 Å². The highest BCUT2D eigenvalue weighted by Gasteiger charge is 2.18. The number of Topliss-reactive ketones (excluding diaryl/α,β-unsaturated/α-hetero) is 1. The van der Waals surface area contributed by atoms with Crippen molar-refractivity contribution in [1.82, 2.24) is 14.8 Å². The maximum absolute atomic E-state index is 12.7. The van der Waals surface area contributed by atoms with Crippen LogP contribution in [0.2, 0.25) is 0 Å². The third kappa shape index (κ3) is 4.50. The lowest BCUT2D eigenvalue weighted by atomic mass is 10.1. The van der Waals surface area contributed by atoms with E-state index in [1.807, 2.05) is 38.1 Å². The SMILES string of the molecule is COc1ccc(C(=O)CCC(=O)Nc2c(C#N)cnn2-c2cc(C)c3cccc(C)c3n2)cc1. The molecule has 0 fully saturated rings. The average Bonchev–Trinajstić information content (AvgIpc) is 3.25. The summed E-state index contributed by atoms with van der Waals surface area (Å²) >= 11 is 0. The van der Waals surface area contributed by atoms with E-state index in [0.717, 1.165) is 22.0 Å². The minimum Gasteiger partial charge on any atom is -0.497 e. The van der Waals surface area contributed by atoms with Crippen molar-refractivity contribution in [2.45, 2.75) is 26.7 Å². The fourth-order valence-electron chi connectivity index (χ4n) is 3.72. The second-order valence-electron chi connectivity index (χ2n) is 7.90. The molecule has 2 aromatic carbocycles. The first-order chi connectivity index (χ1) is 16.4. The van der Waals surface area contributed by atoms with Gasteiger partial charge < -0.3 is 10.1 Å². The van der Waals surface area contributed by atoms with E-state index < -0.39 is 5.91 Å². The summed E-state index contributed by atoms with van der Waals surface area (Å²) in [5, 5.41) is 17.6. The number of aromatic nitrogens is 3. The smallest absolute Gasteiger partial charge is 0.226 e. The minimum atomic E-state index is -0.395. The first kappa shape index (κ1) is 22.7. The number of ether oxygens (including phenoxy) is 1. The van der Waals surface area contributed by atoms with Crippen LogP contribution in [0.25, 0.3) is 16.7 Å². The van der Waals surface area contributed by atoms with Gasteiger partial charge in [0.2, 0.25) is 5.91 Å². The molecule has 1 amide bonds. The van der Waals surface area contributed by atoms with E-state index in [1.165, 1.54) is 10.9 Å². The summed E-state index contributed by atoms with van der Waals surface area (Å²) in [4.78, 5) is 29.9. The molecule has 0 atom stereocenters. The topological polar surface area (TPSA) is 110 Å². The number of methoxy groups -OCH3 is 1. The Labute approximate surface area is 196 Å². The lowest BCUT2D eigenvalue weighted by Crippen LogP contribution is -2.17. The van der Waals surface area contributed by atoms with Gasteiger partial charge in [0.25, 0.3) is 0 Å². The number of ketones is 1. The van der Waals surface area contributed by atoms with Crippen LogP contribution in [0.4, 0.5) is 5.82 Å². The number of fused-ring (bicyclic) bond motifs is 1. The van der Waals surface area contributed by atoms with Crippen LogP contribution in [-0.2, 0) is 4.79 Å². The van der Waals surface area contributed by atoms with Crippen LogP contribution < -0.4 is 10.1 Å². The lowest BCUT2D eigenvalue weighted by Gasteiger charge is -2.12. The number of carbonyl (C=O) groups excluding carboxylic acids is 2. The van der Waals surface area contributed by atoms with E-state index in [1.54, 1.807) is 31.4 Å². The molecular weight excluding hydrogens is 430 g/mol. The summed E-state index contributed by atoms with van der Waals surface area (Å²) in [5.41, 5.74) is 3.55. The predicted molar refractivity (Wildman–Crippen MR) is 128 cm³/mol. The molecule has 8 heteroatoms. The molecule has 0 radical (unpaired) electrons. The van der Waals surface area contributed by atoms with Gasteiger partial charge >= 0.3 is 0 Å². The number of hydrogen-bond donors (Lipinski definition) is 1. The Morgan fingerprint density at radius 1 is 1.09 bits per heavy atom. The molecule has 4 rings (SSSR count). The Kier molecular flexibility index (Phi) is 6.37. The number of rotatable bonds is 7. The largest absolute Gasteiger partial charge is 0.497 e. The fourth-order valence-corrected chi connectivity index (χ4v) is 3.72. The summed E-state index contributed by atoms with van der Waals surface area (Å²) in [6, 6.07) is 16.6. The van der Waals surface area contributed by atoms with Crippen molar-refractivity contribution in [2.24, 2.45) is 0 Å². The molecule has 8 nitrogen and oxygen atoms in total. The number of nitrogens with zero attached hydrogens (tertiary/aromatic N) is 4. The van der Waals surface area contributed by atoms with Gasteiger partial charge in [-0.25, -0.2) is 4.98 Å². The van der Waals surface area contributed by atoms with Crippen LogP contribution in [-0.4, -0.2) is 33.6 Å². The van der Waals surface area contributed by atoms with Crippen LogP contribution in [0, 0.1) is 25.2 Å². The van der Waals surface area contributed by atoms with Crippen LogP contribution in [0.1, 0.15) is 39.9 Å². The molecule has 0 saturated carbocycles. The second-order valence-corrected chi connectivity index (χ2v) is 7.90. The molecule has 0 saturated heterocycles. The molecule has 0 spiro atoms. The first-order valence-electron chi connectivity index (χ1n) is 10.7. The Hall–Kier alpha value is -4.51. The summed E-state index contributed by atoms with van der Waals surface area (Å²) in [6.07, 6.45) is 1.38. The van der Waals surface area contributed by atoms with E-state index in [2.05, 4.69) is 16.5 Å². The normalized spacial score (nSPS) is 10.6. The zero-order valence-corrected chi connectivity index (χ0v) is 19.1. The molecule has 0 unspecified atom stereocenters. The van der Waals surface area contributed by atoms with Crippen LogP contribution in [0.3, 0.4) is 0 Å². The van der Waals surface area contributed by atoms with Gasteiger partial charge in [-0.2, -0.15) is 15.0 Å². The summed E-state index contributed by atoms with van der Waals surface area (Å²) in [5.74, 6) is 0.817. The molecule has 1 N–H and O–H groups in total. The zero-order valence-electron chi connectivity index (χ0n) is 19.1. The average molecular weight is 454 g/mol. The number of aryl methyl sites for hydroxylation is 2. The first-order valence-corrected chi connectivity index (χ1v) is 10.7. The molecular formula is C26H23N5O3. The van der Waals surface area contributed by atoms with E-state index in [9.17, 15) is 14.9 Å². The van der Waals surface area contributed by atoms with Crippen LogP contribution in [0.15, 0.2) is 54.7 Å². The molecule has 0 aliphatic heterocycles. The number of benzene rings is 2. The maximum atomic E-state index is 12.7. The standard InChI is InChI=1S/C26H23N5O3/c1-16-5-4-6-21-17(2)13-23(29-25(16)21)31-26(19(14-27)15-28-31)30-24(33)12-11-22(32)18-7-9-20(34-3)10-8-18/h4-10,13,15H,11-12H2,1-3H3,(H,30,33). The molecule has 34 heavy (non-hydrogen) atoms. The number of nitriles is 1. The van der Waals surface area contributed by atoms with Crippen molar-refractivity contribution >= 4 is 28.4 Å². The second kappa shape index (κ2) is 9.55. The quantitative estimate of drug-likeness (QED) is 0.412. The number of nitrogens with one attached hydrogen (secondary N) is 1. The molecule has 4 aromatic rings. The van der Waals surface area contributed by atoms with E-state index in [0.29, 0.717) is 17.1 Å². The highest BCUT2D eigenvalue weighted by molar-refractivity contribution is 6.00. The van der Waals surface area contributed by atoms with Gasteiger partial charge in [-0.1, -0.05) is 18.2 Å². The van der Waals surface area contributed by atoms with Gasteiger partial charge in [0.15, 0.2) is 17.4 Å². The van der Waals surface area contributed by atoms with Crippen molar-refractivity contribution in [1.29, 1.82) is 5.26 Å². The molecule has 170 valence electrons.